The first-order valence-corrected chi connectivity index (χ1v) is 21.7. The smallest absolute Gasteiger partial charge is 0.304 e. The summed E-state index contributed by atoms with van der Waals surface area (Å²) < 4.78 is 45.1. The predicted octanol–water partition coefficient (Wildman–Crippen LogP) is 6.36. The van der Waals surface area contributed by atoms with Gasteiger partial charge in [0.25, 0.3) is 11.8 Å². The summed E-state index contributed by atoms with van der Waals surface area (Å²) in [4.78, 5) is 30.0. The van der Waals surface area contributed by atoms with E-state index in [1.54, 1.807) is 42.1 Å². The summed E-state index contributed by atoms with van der Waals surface area (Å²) in [7, 11) is 1.19. The fourth-order valence-electron chi connectivity index (χ4n) is 8.89. The first kappa shape index (κ1) is 40.7. The highest BCUT2D eigenvalue weighted by molar-refractivity contribution is 7.87. The minimum Gasteiger partial charge on any atom is -0.497 e. The number of allylic oxidation sites excluding steroid dienone is 1. The van der Waals surface area contributed by atoms with Crippen LogP contribution < -0.4 is 9.46 Å². The SMILES string of the molecule is CC[C@@H](C[C@@](C)(O)CC)N(C)C(=O)c1cnn(C)c1C1=Cc2cc(OC)ccc2-c2c(C3CCCCC3)c3ccc(C(=O)NS(=O)(=O)N4CCOCC4)cc3n2C1. The molecule has 2 aromatic carbocycles. The lowest BCUT2D eigenvalue weighted by atomic mass is 9.81. The van der Waals surface area contributed by atoms with E-state index in [1.807, 2.05) is 46.0 Å². The Labute approximate surface area is 335 Å². The molecule has 57 heavy (non-hydrogen) atoms. The Morgan fingerprint density at radius 1 is 1.09 bits per heavy atom. The summed E-state index contributed by atoms with van der Waals surface area (Å²) in [6, 6.07) is 11.4. The summed E-state index contributed by atoms with van der Waals surface area (Å²) in [5.41, 5.74) is 6.26. The first-order valence-electron chi connectivity index (χ1n) is 20.2. The number of aryl methyl sites for hydroxylation is 1. The Morgan fingerprint density at radius 3 is 2.51 bits per heavy atom. The van der Waals surface area contributed by atoms with Gasteiger partial charge in [0.1, 0.15) is 5.75 Å². The molecule has 0 spiro atoms. The van der Waals surface area contributed by atoms with Gasteiger partial charge in [0.05, 0.1) is 55.6 Å². The molecule has 13 nitrogen and oxygen atoms in total. The molecule has 4 aromatic rings. The van der Waals surface area contributed by atoms with Crippen molar-refractivity contribution in [2.45, 2.75) is 96.2 Å². The number of amides is 2. The lowest BCUT2D eigenvalue weighted by Gasteiger charge is -2.33. The number of morpholine rings is 1. The van der Waals surface area contributed by atoms with Gasteiger partial charge in [0.15, 0.2) is 0 Å². The van der Waals surface area contributed by atoms with Crippen LogP contribution in [-0.2, 0) is 28.5 Å². The van der Waals surface area contributed by atoms with Crippen LogP contribution in [0.4, 0.5) is 0 Å². The third-order valence-electron chi connectivity index (χ3n) is 12.3. The highest BCUT2D eigenvalue weighted by Crippen LogP contribution is 2.48. The van der Waals surface area contributed by atoms with Crippen LogP contribution in [0, 0.1) is 0 Å². The molecule has 7 rings (SSSR count). The maximum atomic E-state index is 14.5. The molecule has 0 radical (unpaired) electrons. The number of carbonyl (C=O) groups excluding carboxylic acids is 2. The minimum atomic E-state index is -4.08. The summed E-state index contributed by atoms with van der Waals surface area (Å²) >= 11 is 0. The lowest BCUT2D eigenvalue weighted by Crippen LogP contribution is -2.48. The van der Waals surface area contributed by atoms with Gasteiger partial charge in [-0.15, -0.1) is 0 Å². The summed E-state index contributed by atoms with van der Waals surface area (Å²) in [5.74, 6) is 0.0871. The number of hydrogen-bond donors (Lipinski definition) is 2. The third-order valence-corrected chi connectivity index (χ3v) is 13.8. The average molecular weight is 801 g/mol. The normalized spacial score (nSPS) is 18.2. The molecule has 4 heterocycles. The van der Waals surface area contributed by atoms with Gasteiger partial charge in [0, 0.05) is 55.3 Å². The number of nitrogens with zero attached hydrogens (tertiary/aromatic N) is 5. The van der Waals surface area contributed by atoms with Crippen LogP contribution in [-0.4, -0.2) is 101 Å². The predicted molar refractivity (Wildman–Crippen MR) is 221 cm³/mol. The van der Waals surface area contributed by atoms with E-state index in [0.717, 1.165) is 59.0 Å². The summed E-state index contributed by atoms with van der Waals surface area (Å²) in [6.45, 7) is 7.01. The minimum absolute atomic E-state index is 0.171. The maximum Gasteiger partial charge on any atom is 0.304 e. The maximum absolute atomic E-state index is 14.5. The Morgan fingerprint density at radius 2 is 1.82 bits per heavy atom. The van der Waals surface area contributed by atoms with Crippen LogP contribution in [0.15, 0.2) is 42.6 Å². The van der Waals surface area contributed by atoms with Crippen LogP contribution >= 0.6 is 0 Å². The average Bonchev–Trinajstić information content (AvgIpc) is 3.70. The monoisotopic (exact) mass is 800 g/mol. The zero-order valence-electron chi connectivity index (χ0n) is 34.0. The van der Waals surface area contributed by atoms with Crippen molar-refractivity contribution < 1.29 is 32.6 Å². The highest BCUT2D eigenvalue weighted by atomic mass is 32.2. The number of ether oxygens (including phenoxy) is 2. The Hall–Kier alpha value is -4.50. The van der Waals surface area contributed by atoms with E-state index in [0.29, 0.717) is 42.8 Å². The Balaban J connectivity index is 1.38. The molecule has 2 aliphatic heterocycles. The van der Waals surface area contributed by atoms with Crippen molar-refractivity contribution >= 4 is 44.6 Å². The van der Waals surface area contributed by atoms with Gasteiger partial charge in [-0.2, -0.15) is 17.8 Å². The van der Waals surface area contributed by atoms with Gasteiger partial charge in [-0.25, -0.2) is 4.72 Å². The number of fused-ring (bicyclic) bond motifs is 5. The molecule has 14 heteroatoms. The van der Waals surface area contributed by atoms with Gasteiger partial charge >= 0.3 is 10.2 Å². The fraction of sp³-hybridized carbons (Fsp3) is 0.512. The number of hydrogen-bond acceptors (Lipinski definition) is 8. The molecule has 3 aliphatic rings. The molecule has 2 fully saturated rings. The zero-order chi connectivity index (χ0) is 40.6. The van der Waals surface area contributed by atoms with Crippen molar-refractivity contribution in [3.05, 3.63) is 70.5 Å². The van der Waals surface area contributed by atoms with Gasteiger partial charge in [-0.1, -0.05) is 39.2 Å². The fourth-order valence-corrected chi connectivity index (χ4v) is 10.0. The molecule has 2 amide bonds. The van der Waals surface area contributed by atoms with Crippen LogP contribution in [0.25, 0.3) is 33.8 Å². The summed E-state index contributed by atoms with van der Waals surface area (Å²) in [6.07, 6.45) is 10.9. The van der Waals surface area contributed by atoms with Crippen molar-refractivity contribution in [3.63, 3.8) is 0 Å². The Bertz CT molecular complexity index is 2300. The quantitative estimate of drug-likeness (QED) is 0.168. The first-order chi connectivity index (χ1) is 27.3. The number of nitrogens with one attached hydrogen (secondary N) is 1. The van der Waals surface area contributed by atoms with E-state index in [1.165, 1.54) is 16.3 Å². The molecule has 2 aromatic heterocycles. The second kappa shape index (κ2) is 16.4. The van der Waals surface area contributed by atoms with Gasteiger partial charge in [-0.05, 0) is 98.1 Å². The molecule has 1 saturated heterocycles. The number of carbonyl (C=O) groups is 2. The van der Waals surface area contributed by atoms with Crippen molar-refractivity contribution in [1.82, 2.24) is 28.3 Å². The van der Waals surface area contributed by atoms with Gasteiger partial charge < -0.3 is 24.0 Å². The largest absolute Gasteiger partial charge is 0.497 e. The van der Waals surface area contributed by atoms with Crippen LogP contribution in [0.5, 0.6) is 5.75 Å². The van der Waals surface area contributed by atoms with Crippen molar-refractivity contribution in [3.8, 4) is 17.0 Å². The second-order valence-electron chi connectivity index (χ2n) is 16.0. The van der Waals surface area contributed by atoms with E-state index < -0.39 is 21.7 Å². The molecule has 2 atom stereocenters. The van der Waals surface area contributed by atoms with E-state index in [-0.39, 0.29) is 49.7 Å². The molecule has 0 bridgehead atoms. The van der Waals surface area contributed by atoms with Gasteiger partial charge in [-0.3, -0.25) is 14.3 Å². The number of benzene rings is 2. The molecule has 306 valence electrons. The second-order valence-corrected chi connectivity index (χ2v) is 17.7. The van der Waals surface area contributed by atoms with Crippen LogP contribution in [0.1, 0.15) is 116 Å². The van der Waals surface area contributed by atoms with Gasteiger partial charge in [0.2, 0.25) is 0 Å². The van der Waals surface area contributed by atoms with Crippen LogP contribution in [0.2, 0.25) is 0 Å². The molecule has 1 aliphatic carbocycles. The standard InChI is InChI=1S/C43H56N6O7S/c1-7-32(25-43(3,52)8-2)46(4)42(51)36-26-44-47(5)39(36)31-22-30-23-33(55-6)15-17-34(30)40-38(28-12-10-9-11-13-28)35-16-14-29(24-37(35)49(40)27-31)41(50)45-57(53,54)48-18-20-56-21-19-48/h14-17,22-24,26,28,32,52H,7-13,18-21,25,27H2,1-6H3,(H,45,50)/t32-,43-/m0/s1. The highest BCUT2D eigenvalue weighted by Gasteiger charge is 2.34. The molecular formula is C43H56N6O7S. The number of aromatic nitrogens is 3. The zero-order valence-corrected chi connectivity index (χ0v) is 34.8. The van der Waals surface area contributed by atoms with E-state index in [9.17, 15) is 23.1 Å². The number of aliphatic hydroxyl groups is 1. The topological polar surface area (TPSA) is 148 Å². The van der Waals surface area contributed by atoms with Crippen molar-refractivity contribution in [1.29, 1.82) is 0 Å². The van der Waals surface area contributed by atoms with Crippen LogP contribution in [0.3, 0.4) is 0 Å². The van der Waals surface area contributed by atoms with Crippen molar-refractivity contribution in [2.75, 3.05) is 40.5 Å². The van der Waals surface area contributed by atoms with E-state index in [4.69, 9.17) is 9.47 Å². The molecule has 1 saturated carbocycles. The summed E-state index contributed by atoms with van der Waals surface area (Å²) in [5, 5.41) is 16.6. The number of methoxy groups -OCH3 is 1. The molecule has 0 unspecified atom stereocenters. The van der Waals surface area contributed by atoms with E-state index >= 15 is 0 Å². The van der Waals surface area contributed by atoms with Crippen molar-refractivity contribution in [2.24, 2.45) is 7.05 Å². The molecule has 2 N–H and O–H groups in total. The number of rotatable bonds is 12. The van der Waals surface area contributed by atoms with E-state index in [2.05, 4.69) is 26.5 Å². The third kappa shape index (κ3) is 8.01. The molecular weight excluding hydrogens is 745 g/mol. The Kier molecular flexibility index (Phi) is 11.7. The lowest BCUT2D eigenvalue weighted by molar-refractivity contribution is 0.0179.